The molecule has 2 aromatic rings. The van der Waals surface area contributed by atoms with Crippen LogP contribution in [0.5, 0.6) is 5.75 Å². The molecule has 0 unspecified atom stereocenters. The third kappa shape index (κ3) is 3.51. The van der Waals surface area contributed by atoms with Crippen molar-refractivity contribution in [1.29, 1.82) is 0 Å². The first-order valence-electron chi connectivity index (χ1n) is 9.99. The second kappa shape index (κ2) is 7.44. The van der Waals surface area contributed by atoms with Crippen LogP contribution in [0.3, 0.4) is 0 Å². The molecule has 4 heterocycles. The zero-order chi connectivity index (χ0) is 18.1. The Morgan fingerprint density at radius 1 is 1.00 bits per heavy atom. The molecule has 5 rings (SSSR count). The predicted molar refractivity (Wildman–Crippen MR) is 103 cm³/mol. The summed E-state index contributed by atoms with van der Waals surface area (Å²) in [6.07, 6.45) is 4.85. The molecule has 1 aromatic heterocycles. The highest BCUT2D eigenvalue weighted by Gasteiger charge is 2.24. The second-order valence-electron chi connectivity index (χ2n) is 7.54. The lowest BCUT2D eigenvalue weighted by atomic mass is 10.0. The maximum absolute atomic E-state index is 5.62. The van der Waals surface area contributed by atoms with E-state index in [9.17, 15) is 0 Å². The Morgan fingerprint density at radius 3 is 2.85 bits per heavy atom. The number of ether oxygens (including phenoxy) is 2. The number of fused-ring (bicyclic) bond motifs is 2. The van der Waals surface area contributed by atoms with Crippen molar-refractivity contribution >= 4 is 5.82 Å². The molecule has 6 heteroatoms. The van der Waals surface area contributed by atoms with E-state index in [1.807, 2.05) is 0 Å². The fourth-order valence-corrected chi connectivity index (χ4v) is 4.30. The average Bonchev–Trinajstić information content (AvgIpc) is 3.20. The van der Waals surface area contributed by atoms with Crippen LogP contribution < -0.4 is 9.64 Å². The molecule has 0 amide bonds. The largest absolute Gasteiger partial charge is 0.493 e. The lowest BCUT2D eigenvalue weighted by Gasteiger charge is -2.34. The Morgan fingerprint density at radius 2 is 1.93 bits per heavy atom. The minimum atomic E-state index is 0.782. The van der Waals surface area contributed by atoms with Gasteiger partial charge in [0.1, 0.15) is 17.9 Å². The van der Waals surface area contributed by atoms with Gasteiger partial charge >= 0.3 is 0 Å². The minimum absolute atomic E-state index is 0.782. The van der Waals surface area contributed by atoms with Crippen molar-refractivity contribution in [2.45, 2.75) is 25.8 Å². The number of nitrogens with zero attached hydrogens (tertiary/aromatic N) is 4. The molecule has 0 radical (unpaired) electrons. The van der Waals surface area contributed by atoms with E-state index in [2.05, 4.69) is 38.0 Å². The molecule has 0 aliphatic carbocycles. The van der Waals surface area contributed by atoms with Gasteiger partial charge in [-0.05, 0) is 23.6 Å². The fourth-order valence-electron chi connectivity index (χ4n) is 4.30. The first-order valence-corrected chi connectivity index (χ1v) is 9.99. The van der Waals surface area contributed by atoms with Crippen LogP contribution in [-0.4, -0.2) is 60.9 Å². The van der Waals surface area contributed by atoms with E-state index in [1.54, 1.807) is 6.33 Å². The third-order valence-corrected chi connectivity index (χ3v) is 5.84. The summed E-state index contributed by atoms with van der Waals surface area (Å²) in [4.78, 5) is 14.1. The SMILES string of the molecule is c1nc2c(c(N3CCOCC3)n1)CN(CCc1ccc3c(c1)CCO3)CC2. The number of anilines is 1. The number of hydrogen-bond acceptors (Lipinski definition) is 6. The van der Waals surface area contributed by atoms with E-state index in [0.717, 1.165) is 83.4 Å². The van der Waals surface area contributed by atoms with Crippen LogP contribution in [0, 0.1) is 0 Å². The molecule has 1 aromatic carbocycles. The highest BCUT2D eigenvalue weighted by atomic mass is 16.5. The van der Waals surface area contributed by atoms with Crippen LogP contribution in [0.4, 0.5) is 5.82 Å². The van der Waals surface area contributed by atoms with E-state index in [4.69, 9.17) is 9.47 Å². The molecule has 1 saturated heterocycles. The number of morpholine rings is 1. The van der Waals surface area contributed by atoms with Gasteiger partial charge in [-0.15, -0.1) is 0 Å². The first-order chi connectivity index (χ1) is 13.4. The lowest BCUT2D eigenvalue weighted by molar-refractivity contribution is 0.122. The Bertz CT molecular complexity index is 820. The predicted octanol–water partition coefficient (Wildman–Crippen LogP) is 1.85. The molecule has 142 valence electrons. The van der Waals surface area contributed by atoms with Gasteiger partial charge in [-0.2, -0.15) is 0 Å². The van der Waals surface area contributed by atoms with Crippen LogP contribution in [0.2, 0.25) is 0 Å². The highest BCUT2D eigenvalue weighted by molar-refractivity contribution is 5.49. The van der Waals surface area contributed by atoms with Gasteiger partial charge in [-0.25, -0.2) is 9.97 Å². The van der Waals surface area contributed by atoms with Crippen LogP contribution in [-0.2, 0) is 30.5 Å². The summed E-state index contributed by atoms with van der Waals surface area (Å²) in [5.41, 5.74) is 5.30. The summed E-state index contributed by atoms with van der Waals surface area (Å²) >= 11 is 0. The zero-order valence-electron chi connectivity index (χ0n) is 15.7. The molecule has 6 nitrogen and oxygen atoms in total. The van der Waals surface area contributed by atoms with Gasteiger partial charge in [0.15, 0.2) is 0 Å². The molecule has 0 N–H and O–H groups in total. The van der Waals surface area contributed by atoms with Gasteiger partial charge in [0.05, 0.1) is 25.5 Å². The van der Waals surface area contributed by atoms with Gasteiger partial charge in [-0.3, -0.25) is 4.90 Å². The smallest absolute Gasteiger partial charge is 0.136 e. The van der Waals surface area contributed by atoms with E-state index in [0.29, 0.717) is 0 Å². The molecule has 1 fully saturated rings. The van der Waals surface area contributed by atoms with Crippen molar-refractivity contribution in [1.82, 2.24) is 14.9 Å². The van der Waals surface area contributed by atoms with Crippen LogP contribution >= 0.6 is 0 Å². The number of rotatable bonds is 4. The maximum Gasteiger partial charge on any atom is 0.136 e. The molecule has 27 heavy (non-hydrogen) atoms. The second-order valence-corrected chi connectivity index (χ2v) is 7.54. The van der Waals surface area contributed by atoms with E-state index >= 15 is 0 Å². The summed E-state index contributed by atoms with van der Waals surface area (Å²) in [5, 5.41) is 0. The summed E-state index contributed by atoms with van der Waals surface area (Å²) < 4.78 is 11.1. The van der Waals surface area contributed by atoms with Crippen molar-refractivity contribution in [3.8, 4) is 5.75 Å². The first kappa shape index (κ1) is 17.0. The maximum atomic E-state index is 5.62. The van der Waals surface area contributed by atoms with E-state index < -0.39 is 0 Å². The van der Waals surface area contributed by atoms with Gasteiger partial charge in [0, 0.05) is 51.1 Å². The van der Waals surface area contributed by atoms with Gasteiger partial charge in [0.25, 0.3) is 0 Å². The molecular formula is C21H26N4O2. The molecule has 0 saturated carbocycles. The van der Waals surface area contributed by atoms with Gasteiger partial charge in [-0.1, -0.05) is 12.1 Å². The number of hydrogen-bond donors (Lipinski definition) is 0. The summed E-state index contributed by atoms with van der Waals surface area (Å²) in [7, 11) is 0. The minimum Gasteiger partial charge on any atom is -0.493 e. The van der Waals surface area contributed by atoms with Crippen molar-refractivity contribution in [3.05, 3.63) is 46.9 Å². The Labute approximate surface area is 160 Å². The van der Waals surface area contributed by atoms with Crippen molar-refractivity contribution in [2.75, 3.05) is 50.9 Å². The Hall–Kier alpha value is -2.18. The lowest BCUT2D eigenvalue weighted by Crippen LogP contribution is -2.40. The van der Waals surface area contributed by atoms with Crippen molar-refractivity contribution < 1.29 is 9.47 Å². The topological polar surface area (TPSA) is 50.7 Å². The highest BCUT2D eigenvalue weighted by Crippen LogP contribution is 2.28. The summed E-state index contributed by atoms with van der Waals surface area (Å²) in [6.45, 7) is 7.30. The van der Waals surface area contributed by atoms with Crippen LogP contribution in [0.1, 0.15) is 22.4 Å². The summed E-state index contributed by atoms with van der Waals surface area (Å²) in [5.74, 6) is 2.18. The molecule has 0 atom stereocenters. The standard InChI is InChI=1S/C21H26N4O2/c1-2-20-17(5-10-27-20)13-16(1)3-6-24-7-4-19-18(14-24)21(23-15-22-19)25-8-11-26-12-9-25/h1-2,13,15H,3-12,14H2. The van der Waals surface area contributed by atoms with Crippen molar-refractivity contribution in [3.63, 3.8) is 0 Å². The average molecular weight is 366 g/mol. The van der Waals surface area contributed by atoms with Gasteiger partial charge in [0.2, 0.25) is 0 Å². The van der Waals surface area contributed by atoms with Crippen LogP contribution in [0.15, 0.2) is 24.5 Å². The molecule has 0 spiro atoms. The number of benzene rings is 1. The molecule has 0 bridgehead atoms. The Balaban J connectivity index is 1.28. The van der Waals surface area contributed by atoms with E-state index in [-0.39, 0.29) is 0 Å². The zero-order valence-corrected chi connectivity index (χ0v) is 15.7. The fraction of sp³-hybridized carbons (Fsp3) is 0.524. The van der Waals surface area contributed by atoms with E-state index in [1.165, 1.54) is 22.4 Å². The molecule has 3 aliphatic heterocycles. The monoisotopic (exact) mass is 366 g/mol. The quantitative estimate of drug-likeness (QED) is 0.823. The molecule has 3 aliphatic rings. The molecular weight excluding hydrogens is 340 g/mol. The Kier molecular flexibility index (Phi) is 4.67. The van der Waals surface area contributed by atoms with Crippen molar-refractivity contribution in [2.24, 2.45) is 0 Å². The summed E-state index contributed by atoms with van der Waals surface area (Å²) in [6, 6.07) is 6.67. The third-order valence-electron chi connectivity index (χ3n) is 5.84. The van der Waals surface area contributed by atoms with Gasteiger partial charge < -0.3 is 14.4 Å². The normalized spacial score (nSPS) is 19.5. The number of aromatic nitrogens is 2. The van der Waals surface area contributed by atoms with Crippen LogP contribution in [0.25, 0.3) is 0 Å².